The van der Waals surface area contributed by atoms with Crippen molar-refractivity contribution >= 4 is 28.7 Å². The molecular weight excluding hydrogens is 280 g/mol. The van der Waals surface area contributed by atoms with E-state index < -0.39 is 0 Å². The third kappa shape index (κ3) is 2.60. The molecule has 0 fully saturated rings. The van der Waals surface area contributed by atoms with Crippen molar-refractivity contribution in [2.75, 3.05) is 5.88 Å². The first kappa shape index (κ1) is 14.3. The molecule has 0 aliphatic carbocycles. The van der Waals surface area contributed by atoms with Crippen molar-refractivity contribution in [1.29, 1.82) is 0 Å². The molecule has 3 nitrogen and oxygen atoms in total. The zero-order chi connectivity index (χ0) is 14.2. The number of hydrogen-bond acceptors (Lipinski definition) is 3. The first-order chi connectivity index (χ1) is 8.95. The van der Waals surface area contributed by atoms with Gasteiger partial charge in [0.15, 0.2) is 5.78 Å². The van der Waals surface area contributed by atoms with Gasteiger partial charge in [0, 0.05) is 28.0 Å². The van der Waals surface area contributed by atoms with Gasteiger partial charge in [0.25, 0.3) is 0 Å². The van der Waals surface area contributed by atoms with E-state index in [4.69, 9.17) is 11.6 Å². The number of thiazole rings is 1. The molecule has 102 valence electrons. The maximum absolute atomic E-state index is 11.8. The van der Waals surface area contributed by atoms with Crippen molar-refractivity contribution in [3.63, 3.8) is 0 Å². The van der Waals surface area contributed by atoms with Crippen LogP contribution in [0.1, 0.15) is 44.6 Å². The van der Waals surface area contributed by atoms with Crippen LogP contribution in [0.4, 0.5) is 0 Å². The lowest BCUT2D eigenvalue weighted by Gasteiger charge is -2.16. The third-order valence-electron chi connectivity index (χ3n) is 3.29. The maximum Gasteiger partial charge on any atom is 0.179 e. The predicted molar refractivity (Wildman–Crippen MR) is 79.6 cm³/mol. The number of rotatable bonds is 4. The van der Waals surface area contributed by atoms with Gasteiger partial charge in [-0.25, -0.2) is 4.98 Å². The summed E-state index contributed by atoms with van der Waals surface area (Å²) in [5, 5.41) is 1.06. The molecule has 0 N–H and O–H groups in total. The number of aromatic nitrogens is 2. The molecule has 0 radical (unpaired) electrons. The summed E-state index contributed by atoms with van der Waals surface area (Å²) in [6.45, 7) is 8.12. The minimum Gasteiger partial charge on any atom is -0.339 e. The van der Waals surface area contributed by atoms with Crippen LogP contribution >= 0.6 is 22.9 Å². The summed E-state index contributed by atoms with van der Waals surface area (Å²) in [5.74, 6) is -0.00165. The largest absolute Gasteiger partial charge is 0.339 e. The normalized spacial score (nSPS) is 12.7. The van der Waals surface area contributed by atoms with Crippen molar-refractivity contribution in [3.8, 4) is 0 Å². The molecule has 5 heteroatoms. The standard InChI is InChI=1S/C14H17ClN2OS/c1-8-5-12(13(18)6-15)10(3)17(8)11(4)14-16-7-9(2)19-14/h5,7,11H,6H2,1-4H3. The van der Waals surface area contributed by atoms with E-state index >= 15 is 0 Å². The molecule has 0 bridgehead atoms. The lowest BCUT2D eigenvalue weighted by Crippen LogP contribution is -2.11. The van der Waals surface area contributed by atoms with Gasteiger partial charge < -0.3 is 4.57 Å². The van der Waals surface area contributed by atoms with Gasteiger partial charge in [0.2, 0.25) is 0 Å². The van der Waals surface area contributed by atoms with E-state index in [0.717, 1.165) is 16.4 Å². The third-order valence-corrected chi connectivity index (χ3v) is 4.62. The molecular formula is C14H17ClN2OS. The van der Waals surface area contributed by atoms with Crippen LogP contribution in [0.5, 0.6) is 0 Å². The SMILES string of the molecule is Cc1cnc(C(C)n2c(C)cc(C(=O)CCl)c2C)s1. The number of carbonyl (C=O) groups is 1. The van der Waals surface area contributed by atoms with Crippen LogP contribution in [-0.4, -0.2) is 21.2 Å². The Balaban J connectivity index is 2.45. The molecule has 1 unspecified atom stereocenters. The van der Waals surface area contributed by atoms with Crippen molar-refractivity contribution in [2.45, 2.75) is 33.7 Å². The smallest absolute Gasteiger partial charge is 0.179 e. The second kappa shape index (κ2) is 5.47. The van der Waals surface area contributed by atoms with Gasteiger partial charge in [-0.3, -0.25) is 4.79 Å². The predicted octanol–water partition coefficient (Wildman–Crippen LogP) is 3.90. The van der Waals surface area contributed by atoms with Crippen LogP contribution in [0.3, 0.4) is 0 Å². The molecule has 0 saturated carbocycles. The van der Waals surface area contributed by atoms with E-state index in [1.807, 2.05) is 33.0 Å². The molecule has 2 aromatic rings. The summed E-state index contributed by atoms with van der Waals surface area (Å²) >= 11 is 7.34. The fourth-order valence-electron chi connectivity index (χ4n) is 2.40. The van der Waals surface area contributed by atoms with Gasteiger partial charge >= 0.3 is 0 Å². The molecule has 2 aromatic heterocycles. The van der Waals surface area contributed by atoms with Crippen LogP contribution in [0.2, 0.25) is 0 Å². The van der Waals surface area contributed by atoms with Gasteiger partial charge in [0.05, 0.1) is 11.9 Å². The van der Waals surface area contributed by atoms with Gasteiger partial charge in [-0.05, 0) is 33.8 Å². The Hall–Kier alpha value is -1.13. The lowest BCUT2D eigenvalue weighted by molar-refractivity contribution is 0.102. The molecule has 1 atom stereocenters. The molecule has 0 spiro atoms. The molecule has 0 aliphatic rings. The highest BCUT2D eigenvalue weighted by atomic mass is 35.5. The second-order valence-corrected chi connectivity index (χ2v) is 6.23. The Bertz CT molecular complexity index is 615. The summed E-state index contributed by atoms with van der Waals surface area (Å²) in [4.78, 5) is 17.4. The minimum absolute atomic E-state index is 0.0229. The van der Waals surface area contributed by atoms with Gasteiger partial charge in [0.1, 0.15) is 5.01 Å². The molecule has 2 rings (SSSR count). The van der Waals surface area contributed by atoms with Gasteiger partial charge in [-0.1, -0.05) is 0 Å². The van der Waals surface area contributed by atoms with Crippen LogP contribution < -0.4 is 0 Å². The van der Waals surface area contributed by atoms with E-state index in [0.29, 0.717) is 5.56 Å². The Kier molecular flexibility index (Phi) is 4.11. The highest BCUT2D eigenvalue weighted by Gasteiger charge is 2.20. The quantitative estimate of drug-likeness (QED) is 0.633. The van der Waals surface area contributed by atoms with Crippen molar-refractivity contribution in [3.05, 3.63) is 39.1 Å². The van der Waals surface area contributed by atoms with Crippen molar-refractivity contribution in [1.82, 2.24) is 9.55 Å². The summed E-state index contributed by atoms with van der Waals surface area (Å²) in [6, 6.07) is 2.05. The summed E-state index contributed by atoms with van der Waals surface area (Å²) in [5.41, 5.74) is 2.74. The summed E-state index contributed by atoms with van der Waals surface area (Å²) in [7, 11) is 0. The first-order valence-electron chi connectivity index (χ1n) is 6.15. The van der Waals surface area contributed by atoms with E-state index in [1.165, 1.54) is 4.88 Å². The van der Waals surface area contributed by atoms with Crippen LogP contribution in [-0.2, 0) is 0 Å². The molecule has 0 aromatic carbocycles. The number of ketones is 1. The fraction of sp³-hybridized carbons (Fsp3) is 0.429. The number of aryl methyl sites for hydroxylation is 2. The zero-order valence-electron chi connectivity index (χ0n) is 11.5. The van der Waals surface area contributed by atoms with E-state index in [1.54, 1.807) is 11.3 Å². The van der Waals surface area contributed by atoms with Crippen LogP contribution in [0, 0.1) is 20.8 Å². The monoisotopic (exact) mass is 296 g/mol. The fourth-order valence-corrected chi connectivity index (χ4v) is 3.36. The highest BCUT2D eigenvalue weighted by Crippen LogP contribution is 2.28. The van der Waals surface area contributed by atoms with Crippen molar-refractivity contribution in [2.24, 2.45) is 0 Å². The average molecular weight is 297 g/mol. The Morgan fingerprint density at radius 1 is 1.47 bits per heavy atom. The number of halogens is 1. The maximum atomic E-state index is 11.8. The Labute approximate surface area is 122 Å². The Morgan fingerprint density at radius 3 is 2.68 bits per heavy atom. The summed E-state index contributed by atoms with van der Waals surface area (Å²) in [6.07, 6.45) is 1.88. The minimum atomic E-state index is -0.0245. The lowest BCUT2D eigenvalue weighted by atomic mass is 10.2. The average Bonchev–Trinajstić information content (AvgIpc) is 2.92. The highest BCUT2D eigenvalue weighted by molar-refractivity contribution is 7.11. The van der Waals surface area contributed by atoms with Gasteiger partial charge in [-0.15, -0.1) is 22.9 Å². The van der Waals surface area contributed by atoms with E-state index in [2.05, 4.69) is 16.5 Å². The van der Waals surface area contributed by atoms with Crippen molar-refractivity contribution < 1.29 is 4.79 Å². The summed E-state index contributed by atoms with van der Waals surface area (Å²) < 4.78 is 2.15. The molecule has 0 saturated heterocycles. The Morgan fingerprint density at radius 2 is 2.16 bits per heavy atom. The molecule has 2 heterocycles. The molecule has 19 heavy (non-hydrogen) atoms. The number of nitrogens with zero attached hydrogens (tertiary/aromatic N) is 2. The van der Waals surface area contributed by atoms with E-state index in [9.17, 15) is 4.79 Å². The van der Waals surface area contributed by atoms with Crippen LogP contribution in [0.25, 0.3) is 0 Å². The number of Topliss-reactive ketones (excluding diaryl/α,β-unsaturated/α-hetero) is 1. The van der Waals surface area contributed by atoms with Gasteiger partial charge in [-0.2, -0.15) is 0 Å². The first-order valence-corrected chi connectivity index (χ1v) is 7.50. The number of carbonyl (C=O) groups excluding carboxylic acids is 1. The number of alkyl halides is 1. The van der Waals surface area contributed by atoms with E-state index in [-0.39, 0.29) is 17.7 Å². The number of hydrogen-bond donors (Lipinski definition) is 0. The molecule has 0 amide bonds. The van der Waals surface area contributed by atoms with Crippen LogP contribution in [0.15, 0.2) is 12.3 Å². The molecule has 0 aliphatic heterocycles. The topological polar surface area (TPSA) is 34.9 Å². The zero-order valence-corrected chi connectivity index (χ0v) is 13.1. The second-order valence-electron chi connectivity index (χ2n) is 4.70.